The molecule has 12 heavy (non-hydrogen) atoms. The number of carboxylic acids is 1. The molecular weight excluding hydrogens is 160 g/mol. The summed E-state index contributed by atoms with van der Waals surface area (Å²) in [6.07, 6.45) is 0.275. The molecule has 0 radical (unpaired) electrons. The van der Waals surface area contributed by atoms with Crippen molar-refractivity contribution in [2.24, 2.45) is 5.92 Å². The van der Waals surface area contributed by atoms with E-state index in [0.29, 0.717) is 19.1 Å². The molecule has 0 unspecified atom stereocenters. The molecule has 1 rings (SSSR count). The molecule has 0 aromatic heterocycles. The lowest BCUT2D eigenvalue weighted by Gasteiger charge is -2.11. The highest BCUT2D eigenvalue weighted by Gasteiger charge is 2.18. The molecule has 0 saturated carbocycles. The molecule has 0 spiro atoms. The Hall–Kier alpha value is -0.610. The normalized spacial score (nSPS) is 25.6. The molecule has 0 aliphatic carbocycles. The first-order valence-electron chi connectivity index (χ1n) is 4.12. The van der Waals surface area contributed by atoms with Gasteiger partial charge in [0.05, 0.1) is 13.2 Å². The van der Waals surface area contributed by atoms with Gasteiger partial charge in [-0.05, 0) is 13.3 Å². The third-order valence-electron chi connectivity index (χ3n) is 1.95. The molecule has 1 fully saturated rings. The van der Waals surface area contributed by atoms with Crippen molar-refractivity contribution in [3.8, 4) is 0 Å². The molecule has 70 valence electrons. The van der Waals surface area contributed by atoms with Crippen LogP contribution in [0.15, 0.2) is 0 Å². The SMILES string of the molecule is C[C@H](OC[C@@H]1CCOC1)C(=O)O. The monoisotopic (exact) mass is 174 g/mol. The second kappa shape index (κ2) is 4.42. The summed E-state index contributed by atoms with van der Waals surface area (Å²) in [5.74, 6) is -0.527. The molecule has 0 bridgehead atoms. The smallest absolute Gasteiger partial charge is 0.332 e. The summed E-state index contributed by atoms with van der Waals surface area (Å²) in [6, 6.07) is 0. The summed E-state index contributed by atoms with van der Waals surface area (Å²) in [4.78, 5) is 10.3. The Labute approximate surface area is 71.5 Å². The molecule has 4 heteroatoms. The standard InChI is InChI=1S/C8H14O4/c1-6(8(9)10)12-5-7-2-3-11-4-7/h6-7H,2-5H2,1H3,(H,9,10)/t6-,7+/m0/s1. The Kier molecular flexibility index (Phi) is 3.49. The summed E-state index contributed by atoms with van der Waals surface area (Å²) in [5.41, 5.74) is 0. The Morgan fingerprint density at radius 2 is 2.58 bits per heavy atom. The van der Waals surface area contributed by atoms with E-state index in [9.17, 15) is 4.79 Å². The number of hydrogen-bond acceptors (Lipinski definition) is 3. The molecule has 1 N–H and O–H groups in total. The Morgan fingerprint density at radius 1 is 1.83 bits per heavy atom. The van der Waals surface area contributed by atoms with E-state index in [1.54, 1.807) is 0 Å². The molecule has 1 aliphatic heterocycles. The van der Waals surface area contributed by atoms with Gasteiger partial charge >= 0.3 is 5.97 Å². The van der Waals surface area contributed by atoms with Crippen LogP contribution in [-0.4, -0.2) is 37.0 Å². The van der Waals surface area contributed by atoms with Crippen molar-refractivity contribution >= 4 is 5.97 Å². The van der Waals surface area contributed by atoms with Gasteiger partial charge in [-0.3, -0.25) is 0 Å². The minimum atomic E-state index is -0.908. The Bertz CT molecular complexity index is 151. The van der Waals surface area contributed by atoms with E-state index >= 15 is 0 Å². The molecule has 0 aromatic carbocycles. The number of ether oxygens (including phenoxy) is 2. The van der Waals surface area contributed by atoms with Gasteiger partial charge in [-0.15, -0.1) is 0 Å². The second-order valence-corrected chi connectivity index (χ2v) is 3.04. The predicted molar refractivity (Wildman–Crippen MR) is 42.0 cm³/mol. The lowest BCUT2D eigenvalue weighted by molar-refractivity contribution is -0.149. The van der Waals surface area contributed by atoms with Crippen LogP contribution in [-0.2, 0) is 14.3 Å². The van der Waals surface area contributed by atoms with Crippen molar-refractivity contribution < 1.29 is 19.4 Å². The number of carboxylic acid groups (broad SMARTS) is 1. The van der Waals surface area contributed by atoms with Crippen LogP contribution in [0.3, 0.4) is 0 Å². The summed E-state index contributed by atoms with van der Waals surface area (Å²) in [6.45, 7) is 3.51. The molecule has 1 saturated heterocycles. The van der Waals surface area contributed by atoms with E-state index in [0.717, 1.165) is 13.0 Å². The third-order valence-corrected chi connectivity index (χ3v) is 1.95. The van der Waals surface area contributed by atoms with Crippen LogP contribution in [0.5, 0.6) is 0 Å². The topological polar surface area (TPSA) is 55.8 Å². The maximum Gasteiger partial charge on any atom is 0.332 e. The molecule has 0 aromatic rings. The largest absolute Gasteiger partial charge is 0.479 e. The zero-order valence-electron chi connectivity index (χ0n) is 7.16. The van der Waals surface area contributed by atoms with Gasteiger partial charge in [0, 0.05) is 12.5 Å². The van der Waals surface area contributed by atoms with Crippen LogP contribution in [0.25, 0.3) is 0 Å². The van der Waals surface area contributed by atoms with E-state index in [1.165, 1.54) is 6.92 Å². The lowest BCUT2D eigenvalue weighted by Crippen LogP contribution is -2.23. The van der Waals surface area contributed by atoms with Gasteiger partial charge in [-0.25, -0.2) is 4.79 Å². The second-order valence-electron chi connectivity index (χ2n) is 3.04. The van der Waals surface area contributed by atoms with Gasteiger partial charge in [0.1, 0.15) is 0 Å². The van der Waals surface area contributed by atoms with Crippen molar-refractivity contribution in [2.75, 3.05) is 19.8 Å². The van der Waals surface area contributed by atoms with E-state index in [4.69, 9.17) is 14.6 Å². The molecule has 1 aliphatic rings. The van der Waals surface area contributed by atoms with Gasteiger partial charge in [0.25, 0.3) is 0 Å². The van der Waals surface area contributed by atoms with Crippen molar-refractivity contribution in [3.05, 3.63) is 0 Å². The van der Waals surface area contributed by atoms with Gasteiger partial charge in [0.2, 0.25) is 0 Å². The van der Waals surface area contributed by atoms with Crippen molar-refractivity contribution in [2.45, 2.75) is 19.4 Å². The van der Waals surface area contributed by atoms with E-state index in [1.807, 2.05) is 0 Å². The van der Waals surface area contributed by atoms with Crippen LogP contribution in [0, 0.1) is 5.92 Å². The average Bonchev–Trinajstić information content (AvgIpc) is 2.51. The summed E-state index contributed by atoms with van der Waals surface area (Å²) < 4.78 is 10.2. The summed E-state index contributed by atoms with van der Waals surface area (Å²) in [5, 5.41) is 8.50. The van der Waals surface area contributed by atoms with Crippen molar-refractivity contribution in [3.63, 3.8) is 0 Å². The third kappa shape index (κ3) is 2.79. The molecule has 0 amide bonds. The number of hydrogen-bond donors (Lipinski definition) is 1. The number of aliphatic carboxylic acids is 1. The average molecular weight is 174 g/mol. The molecule has 4 nitrogen and oxygen atoms in total. The first kappa shape index (κ1) is 9.48. The van der Waals surface area contributed by atoms with Gasteiger partial charge in [-0.1, -0.05) is 0 Å². The highest BCUT2D eigenvalue weighted by atomic mass is 16.5. The highest BCUT2D eigenvalue weighted by Crippen LogP contribution is 2.12. The van der Waals surface area contributed by atoms with Gasteiger partial charge in [-0.2, -0.15) is 0 Å². The first-order chi connectivity index (χ1) is 5.70. The van der Waals surface area contributed by atoms with Crippen LogP contribution >= 0.6 is 0 Å². The van der Waals surface area contributed by atoms with Crippen LogP contribution in [0.2, 0.25) is 0 Å². The number of rotatable bonds is 4. The van der Waals surface area contributed by atoms with Crippen LogP contribution in [0.4, 0.5) is 0 Å². The van der Waals surface area contributed by atoms with Gasteiger partial charge < -0.3 is 14.6 Å². The molecular formula is C8H14O4. The molecule has 1 heterocycles. The van der Waals surface area contributed by atoms with E-state index in [2.05, 4.69) is 0 Å². The predicted octanol–water partition coefficient (Wildman–Crippen LogP) is 0.513. The first-order valence-corrected chi connectivity index (χ1v) is 4.12. The highest BCUT2D eigenvalue weighted by molar-refractivity contribution is 5.71. The maximum atomic E-state index is 10.3. The van der Waals surface area contributed by atoms with E-state index < -0.39 is 12.1 Å². The minimum absolute atomic E-state index is 0.381. The molecule has 2 atom stereocenters. The van der Waals surface area contributed by atoms with Crippen molar-refractivity contribution in [1.29, 1.82) is 0 Å². The fourth-order valence-corrected chi connectivity index (χ4v) is 1.07. The number of carbonyl (C=O) groups is 1. The Morgan fingerprint density at radius 3 is 3.08 bits per heavy atom. The zero-order chi connectivity index (χ0) is 8.97. The maximum absolute atomic E-state index is 10.3. The minimum Gasteiger partial charge on any atom is -0.479 e. The van der Waals surface area contributed by atoms with E-state index in [-0.39, 0.29) is 0 Å². The zero-order valence-corrected chi connectivity index (χ0v) is 7.16. The Balaban J connectivity index is 2.11. The van der Waals surface area contributed by atoms with Gasteiger partial charge in [0.15, 0.2) is 6.10 Å². The lowest BCUT2D eigenvalue weighted by atomic mass is 10.1. The summed E-state index contributed by atoms with van der Waals surface area (Å²) >= 11 is 0. The van der Waals surface area contributed by atoms with Crippen molar-refractivity contribution in [1.82, 2.24) is 0 Å². The summed E-state index contributed by atoms with van der Waals surface area (Å²) in [7, 11) is 0. The van der Waals surface area contributed by atoms with Crippen LogP contribution in [0.1, 0.15) is 13.3 Å². The quantitative estimate of drug-likeness (QED) is 0.674. The van der Waals surface area contributed by atoms with Crippen LogP contribution < -0.4 is 0 Å². The fourth-order valence-electron chi connectivity index (χ4n) is 1.07. The fraction of sp³-hybridized carbons (Fsp3) is 0.875.